The Kier molecular flexibility index (Phi) is 6.45. The number of hydrogen-bond donors (Lipinski definition) is 3. The van der Waals surface area contributed by atoms with Gasteiger partial charge in [0.25, 0.3) is 0 Å². The molecule has 3 N–H and O–H groups in total. The Balaban J connectivity index is 2.55. The lowest BCUT2D eigenvalue weighted by atomic mass is 9.90. The molecule has 0 saturated carbocycles. The fraction of sp³-hybridized carbons (Fsp3) is 0.429. The molecule has 0 aliphatic heterocycles. The van der Waals surface area contributed by atoms with Crippen LogP contribution in [0.3, 0.4) is 0 Å². The van der Waals surface area contributed by atoms with E-state index in [1.54, 1.807) is 6.07 Å². The number of anilines is 1. The number of amides is 2. The van der Waals surface area contributed by atoms with Crippen LogP contribution in [0.5, 0.6) is 0 Å². The molecule has 0 bridgehead atoms. The summed E-state index contributed by atoms with van der Waals surface area (Å²) in [4.78, 5) is 23.4. The van der Waals surface area contributed by atoms with Crippen molar-refractivity contribution in [2.75, 3.05) is 18.5 Å². The maximum atomic E-state index is 11.7. The highest BCUT2D eigenvalue weighted by atomic mass is 35.5. The lowest BCUT2D eigenvalue weighted by Crippen LogP contribution is -2.40. The van der Waals surface area contributed by atoms with Gasteiger partial charge in [0, 0.05) is 18.8 Å². The minimum atomic E-state index is -0.784. The van der Waals surface area contributed by atoms with Crippen molar-refractivity contribution in [1.29, 1.82) is 0 Å². The lowest BCUT2D eigenvalue weighted by molar-refractivity contribution is -0.136. The van der Waals surface area contributed by atoms with Gasteiger partial charge < -0.3 is 15.7 Å². The van der Waals surface area contributed by atoms with Crippen molar-refractivity contribution in [1.82, 2.24) is 5.32 Å². The molecule has 1 aromatic carbocycles. The molecule has 1 rings (SSSR count). The molecule has 5 nitrogen and oxygen atoms in total. The number of carbonyl (C=O) groups excluding carboxylic acids is 2. The highest BCUT2D eigenvalue weighted by molar-refractivity contribution is 6.42. The van der Waals surface area contributed by atoms with E-state index in [-0.39, 0.29) is 12.0 Å². The number of rotatable bonds is 5. The van der Waals surface area contributed by atoms with Crippen molar-refractivity contribution in [3.05, 3.63) is 28.2 Å². The summed E-state index contributed by atoms with van der Waals surface area (Å²) in [5.41, 5.74) is 0.105. The van der Waals surface area contributed by atoms with Gasteiger partial charge in [-0.1, -0.05) is 37.0 Å². The Hall–Kier alpha value is -1.30. The molecule has 0 atom stereocenters. The molecule has 2 amide bonds. The average Bonchev–Trinajstić information content (AvgIpc) is 2.40. The zero-order valence-electron chi connectivity index (χ0n) is 11.9. The molecule has 0 heterocycles. The van der Waals surface area contributed by atoms with E-state index < -0.39 is 11.8 Å². The number of aliphatic hydroxyl groups excluding tert-OH is 1. The summed E-state index contributed by atoms with van der Waals surface area (Å²) in [7, 11) is 0. The highest BCUT2D eigenvalue weighted by Gasteiger charge is 2.21. The van der Waals surface area contributed by atoms with Crippen molar-refractivity contribution in [3.8, 4) is 0 Å². The summed E-state index contributed by atoms with van der Waals surface area (Å²) in [5, 5.41) is 14.5. The normalized spacial score (nSPS) is 11.1. The third kappa shape index (κ3) is 5.91. The number of carbonyl (C=O) groups is 2. The number of aliphatic hydroxyl groups is 1. The lowest BCUT2D eigenvalue weighted by Gasteiger charge is -2.23. The van der Waals surface area contributed by atoms with E-state index in [0.717, 1.165) is 0 Å². The van der Waals surface area contributed by atoms with Gasteiger partial charge in [-0.2, -0.15) is 0 Å². The number of hydrogen-bond acceptors (Lipinski definition) is 3. The van der Waals surface area contributed by atoms with Gasteiger partial charge in [-0.15, -0.1) is 0 Å². The van der Waals surface area contributed by atoms with Crippen LogP contribution in [0, 0.1) is 5.41 Å². The van der Waals surface area contributed by atoms with Crippen molar-refractivity contribution < 1.29 is 14.7 Å². The number of halogens is 2. The molecular formula is C14H18Cl2N2O3. The van der Waals surface area contributed by atoms with Gasteiger partial charge in [-0.05, 0) is 30.0 Å². The van der Waals surface area contributed by atoms with Crippen LogP contribution in [0.15, 0.2) is 18.2 Å². The SMILES string of the molecule is CC(C)(CCO)CNC(=O)C(=O)Nc1ccc(Cl)c(Cl)c1. The van der Waals surface area contributed by atoms with Crippen molar-refractivity contribution in [3.63, 3.8) is 0 Å². The van der Waals surface area contributed by atoms with E-state index in [1.165, 1.54) is 12.1 Å². The van der Waals surface area contributed by atoms with Crippen LogP contribution in [-0.2, 0) is 9.59 Å². The predicted molar refractivity (Wildman–Crippen MR) is 83.6 cm³/mol. The van der Waals surface area contributed by atoms with Crippen LogP contribution in [0.1, 0.15) is 20.3 Å². The molecule has 0 aliphatic carbocycles. The molecular weight excluding hydrogens is 315 g/mol. The Bertz CT molecular complexity index is 533. The standard InChI is InChI=1S/C14H18Cl2N2O3/c1-14(2,5-6-19)8-17-12(20)13(21)18-9-3-4-10(15)11(16)7-9/h3-4,7,19H,5-6,8H2,1-2H3,(H,17,20)(H,18,21). The second-order valence-electron chi connectivity index (χ2n) is 5.40. The van der Waals surface area contributed by atoms with E-state index in [4.69, 9.17) is 28.3 Å². The first kappa shape index (κ1) is 17.8. The summed E-state index contributed by atoms with van der Waals surface area (Å²) >= 11 is 11.6. The first-order chi connectivity index (χ1) is 9.75. The molecule has 0 fully saturated rings. The minimum absolute atomic E-state index is 0.0261. The minimum Gasteiger partial charge on any atom is -0.396 e. The summed E-state index contributed by atoms with van der Waals surface area (Å²) < 4.78 is 0. The highest BCUT2D eigenvalue weighted by Crippen LogP contribution is 2.25. The maximum Gasteiger partial charge on any atom is 0.313 e. The summed E-state index contributed by atoms with van der Waals surface area (Å²) in [6.45, 7) is 4.10. The molecule has 0 aliphatic rings. The van der Waals surface area contributed by atoms with Crippen molar-refractivity contribution in [2.45, 2.75) is 20.3 Å². The van der Waals surface area contributed by atoms with Gasteiger partial charge in [0.15, 0.2) is 0 Å². The summed E-state index contributed by atoms with van der Waals surface area (Å²) in [5.74, 6) is -1.53. The van der Waals surface area contributed by atoms with Crippen LogP contribution < -0.4 is 10.6 Å². The predicted octanol–water partition coefficient (Wildman–Crippen LogP) is 2.46. The van der Waals surface area contributed by atoms with E-state index in [9.17, 15) is 9.59 Å². The molecule has 1 aromatic rings. The van der Waals surface area contributed by atoms with Crippen LogP contribution in [-0.4, -0.2) is 30.1 Å². The monoisotopic (exact) mass is 332 g/mol. The smallest absolute Gasteiger partial charge is 0.313 e. The number of nitrogens with one attached hydrogen (secondary N) is 2. The fourth-order valence-electron chi connectivity index (χ4n) is 1.55. The Morgan fingerprint density at radius 2 is 1.86 bits per heavy atom. The van der Waals surface area contributed by atoms with E-state index >= 15 is 0 Å². The van der Waals surface area contributed by atoms with Crippen LogP contribution in [0.4, 0.5) is 5.69 Å². The van der Waals surface area contributed by atoms with E-state index in [1.807, 2.05) is 13.8 Å². The molecule has 0 spiro atoms. The molecule has 0 radical (unpaired) electrons. The van der Waals surface area contributed by atoms with Gasteiger partial charge in [0.1, 0.15) is 0 Å². The van der Waals surface area contributed by atoms with Crippen molar-refractivity contribution in [2.24, 2.45) is 5.41 Å². The summed E-state index contributed by atoms with van der Waals surface area (Å²) in [6.07, 6.45) is 0.529. The van der Waals surface area contributed by atoms with Crippen LogP contribution in [0.2, 0.25) is 10.0 Å². The second kappa shape index (κ2) is 7.64. The van der Waals surface area contributed by atoms with Crippen LogP contribution in [0.25, 0.3) is 0 Å². The van der Waals surface area contributed by atoms with E-state index in [0.29, 0.717) is 28.7 Å². The molecule has 7 heteroatoms. The second-order valence-corrected chi connectivity index (χ2v) is 6.22. The molecule has 0 aromatic heterocycles. The van der Waals surface area contributed by atoms with Gasteiger partial charge in [-0.3, -0.25) is 9.59 Å². The zero-order chi connectivity index (χ0) is 16.0. The molecule has 21 heavy (non-hydrogen) atoms. The number of benzene rings is 1. The molecule has 116 valence electrons. The van der Waals surface area contributed by atoms with Gasteiger partial charge in [-0.25, -0.2) is 0 Å². The van der Waals surface area contributed by atoms with Gasteiger partial charge in [0.2, 0.25) is 0 Å². The van der Waals surface area contributed by atoms with Gasteiger partial charge in [0.05, 0.1) is 10.0 Å². The van der Waals surface area contributed by atoms with Gasteiger partial charge >= 0.3 is 11.8 Å². The third-order valence-corrected chi connectivity index (χ3v) is 3.64. The Morgan fingerprint density at radius 1 is 1.19 bits per heavy atom. The fourth-order valence-corrected chi connectivity index (χ4v) is 1.85. The van der Waals surface area contributed by atoms with E-state index in [2.05, 4.69) is 10.6 Å². The Morgan fingerprint density at radius 3 is 2.43 bits per heavy atom. The largest absolute Gasteiger partial charge is 0.396 e. The average molecular weight is 333 g/mol. The first-order valence-electron chi connectivity index (χ1n) is 6.40. The molecule has 0 saturated heterocycles. The van der Waals surface area contributed by atoms with Crippen molar-refractivity contribution >= 4 is 40.7 Å². The Labute approximate surface area is 133 Å². The summed E-state index contributed by atoms with van der Waals surface area (Å²) in [6, 6.07) is 4.54. The first-order valence-corrected chi connectivity index (χ1v) is 7.16. The van der Waals surface area contributed by atoms with Crippen LogP contribution >= 0.6 is 23.2 Å². The third-order valence-electron chi connectivity index (χ3n) is 2.90. The maximum absolute atomic E-state index is 11.7. The topological polar surface area (TPSA) is 78.4 Å². The molecule has 0 unspecified atom stereocenters. The zero-order valence-corrected chi connectivity index (χ0v) is 13.4. The quantitative estimate of drug-likeness (QED) is 0.724.